The summed E-state index contributed by atoms with van der Waals surface area (Å²) < 4.78 is 10.5. The number of aromatic nitrogens is 1. The van der Waals surface area contributed by atoms with E-state index in [0.717, 1.165) is 15.8 Å². The first kappa shape index (κ1) is 16.3. The van der Waals surface area contributed by atoms with Crippen LogP contribution < -0.4 is 9.47 Å². The summed E-state index contributed by atoms with van der Waals surface area (Å²) in [4.78, 5) is 17.9. The maximum atomic E-state index is 12.5. The second-order valence-electron chi connectivity index (χ2n) is 5.11. The van der Waals surface area contributed by atoms with Gasteiger partial charge in [0.25, 0.3) is 0 Å². The van der Waals surface area contributed by atoms with Crippen molar-refractivity contribution in [1.29, 1.82) is 0 Å². The molecule has 0 saturated heterocycles. The Kier molecular flexibility index (Phi) is 5.01. The lowest BCUT2D eigenvalue weighted by Gasteiger charge is -2.09. The Labute approximate surface area is 144 Å². The number of Topliss-reactive ketones (excluding diaryl/α,β-unsaturated/α-hetero) is 1. The van der Waals surface area contributed by atoms with Crippen LogP contribution in [0.15, 0.2) is 59.6 Å². The number of carbonyl (C=O) groups is 1. The molecule has 24 heavy (non-hydrogen) atoms. The van der Waals surface area contributed by atoms with Crippen molar-refractivity contribution in [3.05, 3.63) is 60.3 Å². The molecular weight excluding hydrogens is 322 g/mol. The molecule has 1 aromatic heterocycles. The van der Waals surface area contributed by atoms with Crippen LogP contribution in [0.4, 0.5) is 0 Å². The monoisotopic (exact) mass is 339 g/mol. The van der Waals surface area contributed by atoms with Crippen molar-refractivity contribution in [2.24, 2.45) is 0 Å². The molecule has 4 nitrogen and oxygen atoms in total. The highest BCUT2D eigenvalue weighted by atomic mass is 32.2. The standard InChI is InChI=1S/C19H17NO3S/c1-22-16-9-8-14(11-17(16)23-2)15(21)12-24-18-7-3-5-13-6-4-10-20-19(13)18/h3-11H,12H2,1-2H3. The van der Waals surface area contributed by atoms with Gasteiger partial charge in [-0.1, -0.05) is 18.2 Å². The highest BCUT2D eigenvalue weighted by Gasteiger charge is 2.12. The maximum Gasteiger partial charge on any atom is 0.173 e. The van der Waals surface area contributed by atoms with Gasteiger partial charge in [-0.25, -0.2) is 0 Å². The molecular formula is C19H17NO3S. The molecule has 2 aromatic carbocycles. The number of hydrogen-bond acceptors (Lipinski definition) is 5. The van der Waals surface area contributed by atoms with E-state index in [0.29, 0.717) is 22.8 Å². The van der Waals surface area contributed by atoms with Crippen molar-refractivity contribution in [1.82, 2.24) is 4.98 Å². The lowest BCUT2D eigenvalue weighted by molar-refractivity contribution is 0.102. The van der Waals surface area contributed by atoms with E-state index in [9.17, 15) is 4.79 Å². The molecule has 0 bridgehead atoms. The van der Waals surface area contributed by atoms with Crippen LogP contribution in [0, 0.1) is 0 Å². The minimum absolute atomic E-state index is 0.0360. The van der Waals surface area contributed by atoms with Gasteiger partial charge in [0.2, 0.25) is 0 Å². The predicted molar refractivity (Wildman–Crippen MR) is 96.3 cm³/mol. The topological polar surface area (TPSA) is 48.4 Å². The first-order chi connectivity index (χ1) is 11.7. The molecule has 3 aromatic rings. The van der Waals surface area contributed by atoms with Crippen LogP contribution in [-0.4, -0.2) is 30.7 Å². The largest absolute Gasteiger partial charge is 0.493 e. The molecule has 5 heteroatoms. The van der Waals surface area contributed by atoms with E-state index in [1.165, 1.54) is 11.8 Å². The molecule has 0 aliphatic heterocycles. The van der Waals surface area contributed by atoms with Crippen molar-refractivity contribution in [3.63, 3.8) is 0 Å². The molecule has 0 N–H and O–H groups in total. The van der Waals surface area contributed by atoms with Gasteiger partial charge < -0.3 is 9.47 Å². The summed E-state index contributed by atoms with van der Waals surface area (Å²) in [6.07, 6.45) is 1.77. The van der Waals surface area contributed by atoms with E-state index in [1.54, 1.807) is 38.6 Å². The number of nitrogens with zero attached hydrogens (tertiary/aromatic N) is 1. The number of benzene rings is 2. The average Bonchev–Trinajstić information content (AvgIpc) is 2.65. The van der Waals surface area contributed by atoms with Gasteiger partial charge in [0.1, 0.15) is 0 Å². The van der Waals surface area contributed by atoms with E-state index in [2.05, 4.69) is 4.98 Å². The number of ketones is 1. The van der Waals surface area contributed by atoms with Gasteiger partial charge in [0.05, 0.1) is 25.5 Å². The van der Waals surface area contributed by atoms with E-state index >= 15 is 0 Å². The quantitative estimate of drug-likeness (QED) is 0.497. The number of thioether (sulfide) groups is 1. The molecule has 0 aliphatic rings. The molecule has 0 unspecified atom stereocenters. The molecule has 0 spiro atoms. The van der Waals surface area contributed by atoms with Crippen LogP contribution in [0.25, 0.3) is 10.9 Å². The second kappa shape index (κ2) is 7.36. The number of ether oxygens (including phenoxy) is 2. The molecule has 0 aliphatic carbocycles. The third-order valence-electron chi connectivity index (χ3n) is 3.66. The molecule has 122 valence electrons. The average molecular weight is 339 g/mol. The second-order valence-corrected chi connectivity index (χ2v) is 6.13. The zero-order chi connectivity index (χ0) is 16.9. The Morgan fingerprint density at radius 3 is 2.62 bits per heavy atom. The van der Waals surface area contributed by atoms with E-state index in [1.807, 2.05) is 30.3 Å². The van der Waals surface area contributed by atoms with Crippen molar-refractivity contribution >= 4 is 28.4 Å². The number of methoxy groups -OCH3 is 2. The van der Waals surface area contributed by atoms with Crippen molar-refractivity contribution in [2.75, 3.05) is 20.0 Å². The summed E-state index contributed by atoms with van der Waals surface area (Å²) in [6, 6.07) is 15.1. The Balaban J connectivity index is 1.78. The lowest BCUT2D eigenvalue weighted by Crippen LogP contribution is -2.03. The number of rotatable bonds is 6. The molecule has 3 rings (SSSR count). The summed E-state index contributed by atoms with van der Waals surface area (Å²) in [5, 5.41) is 1.07. The normalized spacial score (nSPS) is 10.6. The zero-order valence-electron chi connectivity index (χ0n) is 13.5. The molecule has 0 radical (unpaired) electrons. The Morgan fingerprint density at radius 2 is 1.83 bits per heavy atom. The summed E-state index contributed by atoms with van der Waals surface area (Å²) >= 11 is 1.49. The first-order valence-corrected chi connectivity index (χ1v) is 8.43. The lowest BCUT2D eigenvalue weighted by atomic mass is 10.1. The molecule has 0 saturated carbocycles. The molecule has 0 fully saturated rings. The minimum Gasteiger partial charge on any atom is -0.493 e. The number of hydrogen-bond donors (Lipinski definition) is 0. The summed E-state index contributed by atoms with van der Waals surface area (Å²) in [6.45, 7) is 0. The minimum atomic E-state index is 0.0360. The predicted octanol–water partition coefficient (Wildman–Crippen LogP) is 4.23. The fraction of sp³-hybridized carbons (Fsp3) is 0.158. The number of para-hydroxylation sites is 1. The van der Waals surface area contributed by atoms with Gasteiger partial charge in [0.15, 0.2) is 17.3 Å². The van der Waals surface area contributed by atoms with Crippen LogP contribution >= 0.6 is 11.8 Å². The van der Waals surface area contributed by atoms with Gasteiger partial charge in [-0.05, 0) is 30.3 Å². The van der Waals surface area contributed by atoms with Gasteiger partial charge in [-0.3, -0.25) is 9.78 Å². The van der Waals surface area contributed by atoms with E-state index < -0.39 is 0 Å². The molecule has 1 heterocycles. The summed E-state index contributed by atoms with van der Waals surface area (Å²) in [5.74, 6) is 1.54. The van der Waals surface area contributed by atoms with Gasteiger partial charge >= 0.3 is 0 Å². The summed E-state index contributed by atoms with van der Waals surface area (Å²) in [5.41, 5.74) is 1.53. The van der Waals surface area contributed by atoms with Crippen molar-refractivity contribution in [2.45, 2.75) is 4.90 Å². The maximum absolute atomic E-state index is 12.5. The number of carbonyl (C=O) groups excluding carboxylic acids is 1. The van der Waals surface area contributed by atoms with E-state index in [4.69, 9.17) is 9.47 Å². The van der Waals surface area contributed by atoms with Crippen molar-refractivity contribution < 1.29 is 14.3 Å². The fourth-order valence-corrected chi connectivity index (χ4v) is 3.36. The van der Waals surface area contributed by atoms with Gasteiger partial charge in [-0.15, -0.1) is 11.8 Å². The zero-order valence-corrected chi connectivity index (χ0v) is 14.3. The van der Waals surface area contributed by atoms with Crippen molar-refractivity contribution in [3.8, 4) is 11.5 Å². The smallest absolute Gasteiger partial charge is 0.173 e. The van der Waals surface area contributed by atoms with Crippen LogP contribution in [0.1, 0.15) is 10.4 Å². The molecule has 0 amide bonds. The van der Waals surface area contributed by atoms with Gasteiger partial charge in [-0.2, -0.15) is 0 Å². The first-order valence-electron chi connectivity index (χ1n) is 7.44. The molecule has 0 atom stereocenters. The third-order valence-corrected chi connectivity index (χ3v) is 4.71. The van der Waals surface area contributed by atoms with Crippen LogP contribution in [0.2, 0.25) is 0 Å². The third kappa shape index (κ3) is 3.36. The Hall–Kier alpha value is -2.53. The van der Waals surface area contributed by atoms with E-state index in [-0.39, 0.29) is 5.78 Å². The summed E-state index contributed by atoms with van der Waals surface area (Å²) in [7, 11) is 3.13. The highest BCUT2D eigenvalue weighted by molar-refractivity contribution is 8.00. The number of fused-ring (bicyclic) bond motifs is 1. The fourth-order valence-electron chi connectivity index (χ4n) is 2.43. The number of pyridine rings is 1. The highest BCUT2D eigenvalue weighted by Crippen LogP contribution is 2.30. The Bertz CT molecular complexity index is 874. The van der Waals surface area contributed by atoms with Crippen LogP contribution in [0.5, 0.6) is 11.5 Å². The van der Waals surface area contributed by atoms with Gasteiger partial charge in [0, 0.05) is 22.0 Å². The van der Waals surface area contributed by atoms with Crippen LogP contribution in [-0.2, 0) is 0 Å². The van der Waals surface area contributed by atoms with Crippen LogP contribution in [0.3, 0.4) is 0 Å². The Morgan fingerprint density at radius 1 is 1.04 bits per heavy atom. The SMILES string of the molecule is COc1ccc(C(=O)CSc2cccc3cccnc23)cc1OC.